The molecule has 0 aromatic heterocycles. The number of nitrogens with one attached hydrogen (secondary N) is 1. The first-order valence-electron chi connectivity index (χ1n) is 12.3. The van der Waals surface area contributed by atoms with Crippen molar-refractivity contribution in [3.63, 3.8) is 0 Å². The van der Waals surface area contributed by atoms with Crippen LogP contribution in [0.5, 0.6) is 5.75 Å². The van der Waals surface area contributed by atoms with Crippen molar-refractivity contribution >= 4 is 27.5 Å². The lowest BCUT2D eigenvalue weighted by Crippen LogP contribution is -2.50. The third kappa shape index (κ3) is 6.52. The standard InChI is InChI=1S/C29H35N3O5S/c1-20-8-15-26(16-9-20)38(35,36)32(27-17-21(2)7-10-22(27)3)19-28(33)31(23(4)29(34)30-5)18-24-11-13-25(37-6)14-12-24/h7-17,23H,18-19H2,1-6H3,(H,30,34)/t23-/m1/s1. The predicted octanol–water partition coefficient (Wildman–Crippen LogP) is 3.98. The Morgan fingerprint density at radius 2 is 1.53 bits per heavy atom. The summed E-state index contributed by atoms with van der Waals surface area (Å²) in [5, 5.41) is 2.58. The van der Waals surface area contributed by atoms with Crippen LogP contribution in [0.3, 0.4) is 0 Å². The van der Waals surface area contributed by atoms with Crippen LogP contribution in [0, 0.1) is 20.8 Å². The summed E-state index contributed by atoms with van der Waals surface area (Å²) in [6, 6.07) is 18.3. The Hall–Kier alpha value is -3.85. The van der Waals surface area contributed by atoms with Gasteiger partial charge in [0.2, 0.25) is 11.8 Å². The van der Waals surface area contributed by atoms with Crippen LogP contribution in [0.25, 0.3) is 0 Å². The first kappa shape index (κ1) is 28.7. The number of benzene rings is 3. The molecule has 3 aromatic carbocycles. The number of methoxy groups -OCH3 is 1. The highest BCUT2D eigenvalue weighted by Gasteiger charge is 2.33. The number of aryl methyl sites for hydroxylation is 3. The predicted molar refractivity (Wildman–Crippen MR) is 149 cm³/mol. The van der Waals surface area contributed by atoms with E-state index in [-0.39, 0.29) is 17.3 Å². The van der Waals surface area contributed by atoms with E-state index < -0.39 is 28.5 Å². The van der Waals surface area contributed by atoms with Gasteiger partial charge in [-0.1, -0.05) is 42.0 Å². The van der Waals surface area contributed by atoms with Crippen LogP contribution in [0.15, 0.2) is 71.6 Å². The molecule has 0 aliphatic carbocycles. The molecule has 0 heterocycles. The first-order chi connectivity index (χ1) is 18.0. The van der Waals surface area contributed by atoms with Crippen molar-refractivity contribution in [1.29, 1.82) is 0 Å². The minimum Gasteiger partial charge on any atom is -0.497 e. The van der Waals surface area contributed by atoms with Crippen molar-refractivity contribution in [2.45, 2.75) is 45.2 Å². The van der Waals surface area contributed by atoms with Crippen LogP contribution in [0.1, 0.15) is 29.2 Å². The highest BCUT2D eigenvalue weighted by molar-refractivity contribution is 7.92. The van der Waals surface area contributed by atoms with Gasteiger partial charge >= 0.3 is 0 Å². The third-order valence-corrected chi connectivity index (χ3v) is 8.22. The topological polar surface area (TPSA) is 96.0 Å². The molecule has 0 saturated heterocycles. The molecule has 202 valence electrons. The number of hydrogen-bond acceptors (Lipinski definition) is 5. The van der Waals surface area contributed by atoms with E-state index in [0.29, 0.717) is 17.0 Å². The van der Waals surface area contributed by atoms with Crippen LogP contribution in [-0.4, -0.2) is 51.9 Å². The van der Waals surface area contributed by atoms with E-state index in [1.807, 2.05) is 26.0 Å². The van der Waals surface area contributed by atoms with Gasteiger partial charge < -0.3 is 15.0 Å². The summed E-state index contributed by atoms with van der Waals surface area (Å²) in [5.74, 6) is -0.198. The van der Waals surface area contributed by atoms with Crippen molar-refractivity contribution in [2.24, 2.45) is 0 Å². The molecule has 2 amide bonds. The Labute approximate surface area is 225 Å². The fourth-order valence-corrected chi connectivity index (χ4v) is 5.53. The van der Waals surface area contributed by atoms with Crippen molar-refractivity contribution in [1.82, 2.24) is 10.2 Å². The quantitative estimate of drug-likeness (QED) is 0.422. The summed E-state index contributed by atoms with van der Waals surface area (Å²) in [4.78, 5) is 27.9. The number of ether oxygens (including phenoxy) is 1. The number of rotatable bonds is 10. The number of amides is 2. The van der Waals surface area contributed by atoms with Crippen LogP contribution >= 0.6 is 0 Å². The molecular formula is C29H35N3O5S. The minimum atomic E-state index is -4.10. The molecule has 0 bridgehead atoms. The molecule has 1 atom stereocenters. The molecule has 8 nitrogen and oxygen atoms in total. The Kier molecular flexibility index (Phi) is 9.17. The van der Waals surface area contributed by atoms with E-state index in [1.165, 1.54) is 24.1 Å². The zero-order chi connectivity index (χ0) is 28.0. The lowest BCUT2D eigenvalue weighted by molar-refractivity contribution is -0.139. The van der Waals surface area contributed by atoms with Crippen LogP contribution in [0.2, 0.25) is 0 Å². The zero-order valence-electron chi connectivity index (χ0n) is 22.7. The molecule has 1 N–H and O–H groups in total. The van der Waals surface area contributed by atoms with E-state index in [2.05, 4.69) is 5.32 Å². The van der Waals surface area contributed by atoms with E-state index in [4.69, 9.17) is 4.74 Å². The maximum Gasteiger partial charge on any atom is 0.264 e. The van der Waals surface area contributed by atoms with Gasteiger partial charge in [-0.05, 0) is 74.7 Å². The summed E-state index contributed by atoms with van der Waals surface area (Å²) in [6.07, 6.45) is 0. The maximum atomic E-state index is 13.9. The van der Waals surface area contributed by atoms with Gasteiger partial charge in [-0.3, -0.25) is 13.9 Å². The Morgan fingerprint density at radius 1 is 0.921 bits per heavy atom. The van der Waals surface area contributed by atoms with Crippen molar-refractivity contribution in [3.8, 4) is 5.75 Å². The fraction of sp³-hybridized carbons (Fsp3) is 0.310. The van der Waals surface area contributed by atoms with Crippen LogP contribution < -0.4 is 14.4 Å². The molecular weight excluding hydrogens is 502 g/mol. The summed E-state index contributed by atoms with van der Waals surface area (Å²) < 4.78 is 34.2. The molecule has 0 radical (unpaired) electrons. The number of likely N-dealkylation sites (N-methyl/N-ethyl adjacent to an activating group) is 1. The van der Waals surface area contributed by atoms with Crippen LogP contribution in [0.4, 0.5) is 5.69 Å². The summed E-state index contributed by atoms with van der Waals surface area (Å²) >= 11 is 0. The molecule has 0 spiro atoms. The van der Waals surface area contributed by atoms with Gasteiger partial charge in [0.25, 0.3) is 10.0 Å². The second-order valence-electron chi connectivity index (χ2n) is 9.27. The zero-order valence-corrected chi connectivity index (χ0v) is 23.5. The smallest absolute Gasteiger partial charge is 0.264 e. The maximum absolute atomic E-state index is 13.9. The van der Waals surface area contributed by atoms with Gasteiger partial charge in [-0.2, -0.15) is 0 Å². The molecule has 0 aliphatic rings. The number of carbonyl (C=O) groups excluding carboxylic acids is 2. The van der Waals surface area contributed by atoms with Gasteiger partial charge in [0.1, 0.15) is 18.3 Å². The number of carbonyl (C=O) groups is 2. The SMILES string of the molecule is CNC(=O)[C@@H](C)N(Cc1ccc(OC)cc1)C(=O)CN(c1cc(C)ccc1C)S(=O)(=O)c1ccc(C)cc1. The molecule has 3 rings (SSSR count). The monoisotopic (exact) mass is 537 g/mol. The highest BCUT2D eigenvalue weighted by atomic mass is 32.2. The van der Waals surface area contributed by atoms with Gasteiger partial charge in [-0.25, -0.2) is 8.42 Å². The molecule has 0 unspecified atom stereocenters. The van der Waals surface area contributed by atoms with Crippen molar-refractivity contribution in [3.05, 3.63) is 89.0 Å². The van der Waals surface area contributed by atoms with Crippen LogP contribution in [-0.2, 0) is 26.2 Å². The summed E-state index contributed by atoms with van der Waals surface area (Å²) in [5.41, 5.74) is 3.67. The Bertz CT molecular complexity index is 1390. The number of anilines is 1. The van der Waals surface area contributed by atoms with Gasteiger partial charge in [0.15, 0.2) is 0 Å². The molecule has 0 aliphatic heterocycles. The lowest BCUT2D eigenvalue weighted by atomic mass is 10.1. The van der Waals surface area contributed by atoms with E-state index in [9.17, 15) is 18.0 Å². The second kappa shape index (κ2) is 12.1. The minimum absolute atomic E-state index is 0.0814. The first-order valence-corrected chi connectivity index (χ1v) is 13.7. The lowest BCUT2D eigenvalue weighted by Gasteiger charge is -2.32. The van der Waals surface area contributed by atoms with Gasteiger partial charge in [0.05, 0.1) is 17.7 Å². The number of sulfonamides is 1. The molecule has 0 saturated carbocycles. The molecule has 38 heavy (non-hydrogen) atoms. The van der Waals surface area contributed by atoms with E-state index in [0.717, 1.165) is 21.0 Å². The average molecular weight is 538 g/mol. The number of hydrogen-bond donors (Lipinski definition) is 1. The summed E-state index contributed by atoms with van der Waals surface area (Å²) in [7, 11) is -1.04. The van der Waals surface area contributed by atoms with E-state index in [1.54, 1.807) is 63.4 Å². The van der Waals surface area contributed by atoms with Gasteiger partial charge in [0, 0.05) is 13.6 Å². The largest absolute Gasteiger partial charge is 0.497 e. The van der Waals surface area contributed by atoms with E-state index >= 15 is 0 Å². The average Bonchev–Trinajstić information content (AvgIpc) is 2.91. The normalized spacial score (nSPS) is 11.9. The van der Waals surface area contributed by atoms with Crippen molar-refractivity contribution < 1.29 is 22.7 Å². The molecule has 0 fully saturated rings. The number of nitrogens with zero attached hydrogens (tertiary/aromatic N) is 2. The Balaban J connectivity index is 2.06. The third-order valence-electron chi connectivity index (χ3n) is 6.45. The Morgan fingerprint density at radius 3 is 2.11 bits per heavy atom. The fourth-order valence-electron chi connectivity index (χ4n) is 4.06. The summed E-state index contributed by atoms with van der Waals surface area (Å²) in [6.45, 7) is 6.81. The molecule has 3 aromatic rings. The highest BCUT2D eigenvalue weighted by Crippen LogP contribution is 2.29. The second-order valence-corrected chi connectivity index (χ2v) is 11.1. The van der Waals surface area contributed by atoms with Crippen molar-refractivity contribution in [2.75, 3.05) is 25.0 Å². The van der Waals surface area contributed by atoms with Gasteiger partial charge in [-0.15, -0.1) is 0 Å². The molecule has 9 heteroatoms.